The number of rotatable bonds is 1. The zero-order valence-electron chi connectivity index (χ0n) is 4.69. The molecule has 2 radical (unpaired) electrons. The molecule has 1 heterocycles. The maximum atomic E-state index is 5.73. The molecule has 0 spiro atoms. The first-order valence-corrected chi connectivity index (χ1v) is 8.17. The molecule has 8 heavy (non-hydrogen) atoms. The molecule has 0 N–H and O–H groups in total. The Bertz CT molecular complexity index is 63.4. The van der Waals surface area contributed by atoms with Gasteiger partial charge < -0.3 is 0 Å². The summed E-state index contributed by atoms with van der Waals surface area (Å²) in [7, 11) is 5.73. The van der Waals surface area contributed by atoms with Gasteiger partial charge in [-0.05, 0) is 0 Å². The van der Waals surface area contributed by atoms with Crippen LogP contribution in [-0.2, 0) is 4.74 Å². The van der Waals surface area contributed by atoms with Crippen molar-refractivity contribution in [3.8, 4) is 0 Å². The Morgan fingerprint density at radius 2 is 2.38 bits per heavy atom. The Morgan fingerprint density at radius 1 is 1.50 bits per heavy atom. The van der Waals surface area contributed by atoms with E-state index >= 15 is 0 Å². The fraction of sp³-hybridized carbons (Fsp3) is 1.00. The van der Waals surface area contributed by atoms with E-state index in [4.69, 9.17) is 13.7 Å². The molecular weight excluding hydrogens is 230 g/mol. The topological polar surface area (TPSA) is 9.23 Å². The van der Waals surface area contributed by atoms with E-state index in [0.717, 1.165) is 6.61 Å². The Balaban J connectivity index is 2.13. The van der Waals surface area contributed by atoms with E-state index in [1.165, 1.54) is 19.3 Å². The molecule has 0 bridgehead atoms. The molecule has 0 saturated carbocycles. The number of hydrogen-bond acceptors (Lipinski definition) is 1. The summed E-state index contributed by atoms with van der Waals surface area (Å²) < 4.78 is 5.89. The van der Waals surface area contributed by atoms with Gasteiger partial charge in [0.1, 0.15) is 0 Å². The molecule has 1 unspecified atom stereocenters. The zero-order valence-corrected chi connectivity index (χ0v) is 8.30. The van der Waals surface area contributed by atoms with E-state index in [0.29, 0.717) is 4.12 Å². The van der Waals surface area contributed by atoms with Crippen molar-refractivity contribution >= 4 is 28.9 Å². The van der Waals surface area contributed by atoms with Crippen molar-refractivity contribution in [1.82, 2.24) is 0 Å². The number of ether oxygens (including phenoxy) is 1. The van der Waals surface area contributed by atoms with Crippen LogP contribution in [0.1, 0.15) is 19.3 Å². The van der Waals surface area contributed by atoms with Crippen LogP contribution in [0, 0.1) is 0 Å². The molecular formula is C5H9ClOSn. The van der Waals surface area contributed by atoms with Crippen LogP contribution in [0.2, 0.25) is 0 Å². The summed E-state index contributed by atoms with van der Waals surface area (Å²) in [5.41, 5.74) is 0. The van der Waals surface area contributed by atoms with E-state index in [9.17, 15) is 0 Å². The third-order valence-corrected chi connectivity index (χ3v) is 4.93. The molecule has 1 atom stereocenters. The molecule has 0 aromatic rings. The van der Waals surface area contributed by atoms with Crippen LogP contribution >= 0.6 is 8.92 Å². The molecule has 46 valence electrons. The average Bonchev–Trinajstić information content (AvgIpc) is 1.90. The van der Waals surface area contributed by atoms with Crippen molar-refractivity contribution < 1.29 is 4.74 Å². The monoisotopic (exact) mass is 240 g/mol. The Kier molecular flexibility index (Phi) is 3.54. The molecule has 1 nitrogen and oxygen atoms in total. The minimum absolute atomic E-state index is 0.522. The van der Waals surface area contributed by atoms with Gasteiger partial charge in [-0.25, -0.2) is 0 Å². The second-order valence-corrected chi connectivity index (χ2v) is 5.89. The maximum absolute atomic E-state index is 5.73. The Morgan fingerprint density at radius 3 is 2.75 bits per heavy atom. The molecule has 1 aliphatic heterocycles. The summed E-state index contributed by atoms with van der Waals surface area (Å²) in [5, 5.41) is 0. The predicted octanol–water partition coefficient (Wildman–Crippen LogP) is 1.37. The summed E-state index contributed by atoms with van der Waals surface area (Å²) in [4.78, 5) is 0. The summed E-state index contributed by atoms with van der Waals surface area (Å²) in [6, 6.07) is 0. The normalized spacial score (nSPS) is 30.4. The van der Waals surface area contributed by atoms with Crippen molar-refractivity contribution in [3.63, 3.8) is 0 Å². The fourth-order valence-electron chi connectivity index (χ4n) is 0.827. The number of hydrogen-bond donors (Lipinski definition) is 0. The minimum atomic E-state index is -0.617. The third-order valence-electron chi connectivity index (χ3n) is 1.30. The SMILES string of the molecule is [Cl][Sn][CH]1CCCCO1. The van der Waals surface area contributed by atoms with Crippen molar-refractivity contribution in [2.75, 3.05) is 6.61 Å². The van der Waals surface area contributed by atoms with Gasteiger partial charge in [-0.15, -0.1) is 0 Å². The second-order valence-electron chi connectivity index (χ2n) is 1.96. The molecule has 1 saturated heterocycles. The summed E-state index contributed by atoms with van der Waals surface area (Å²) in [6.07, 6.45) is 3.81. The van der Waals surface area contributed by atoms with Gasteiger partial charge in [0.15, 0.2) is 0 Å². The van der Waals surface area contributed by atoms with Gasteiger partial charge in [0.05, 0.1) is 0 Å². The number of halogens is 1. The van der Waals surface area contributed by atoms with Gasteiger partial charge in [0, 0.05) is 0 Å². The second kappa shape index (κ2) is 3.96. The summed E-state index contributed by atoms with van der Waals surface area (Å²) in [5.74, 6) is 0. The van der Waals surface area contributed by atoms with Crippen molar-refractivity contribution in [2.45, 2.75) is 23.4 Å². The van der Waals surface area contributed by atoms with Gasteiger partial charge in [0.2, 0.25) is 0 Å². The standard InChI is InChI=1S/C5H9O.ClH.Sn/c1-2-4-6-5-3-1;;/h4H,1-3,5H2;1H;/q;;+1/p-1. The van der Waals surface area contributed by atoms with E-state index in [-0.39, 0.29) is 0 Å². The van der Waals surface area contributed by atoms with E-state index in [2.05, 4.69) is 0 Å². The van der Waals surface area contributed by atoms with E-state index < -0.39 is 20.0 Å². The summed E-state index contributed by atoms with van der Waals surface area (Å²) >= 11 is -0.617. The predicted molar refractivity (Wildman–Crippen MR) is 35.2 cm³/mol. The van der Waals surface area contributed by atoms with E-state index in [1.807, 2.05) is 0 Å². The molecule has 3 heteroatoms. The first-order chi connectivity index (χ1) is 3.93. The molecule has 1 fully saturated rings. The van der Waals surface area contributed by atoms with Crippen LogP contribution in [0.5, 0.6) is 0 Å². The van der Waals surface area contributed by atoms with Gasteiger partial charge in [-0.3, -0.25) is 0 Å². The quantitative estimate of drug-likeness (QED) is 0.628. The van der Waals surface area contributed by atoms with Gasteiger partial charge >= 0.3 is 63.7 Å². The molecule has 1 rings (SSSR count). The first kappa shape index (κ1) is 7.16. The van der Waals surface area contributed by atoms with Gasteiger partial charge in [-0.2, -0.15) is 0 Å². The van der Waals surface area contributed by atoms with Crippen LogP contribution in [-0.4, -0.2) is 30.7 Å². The Labute approximate surface area is 63.7 Å². The van der Waals surface area contributed by atoms with Crippen molar-refractivity contribution in [1.29, 1.82) is 0 Å². The molecule has 1 aliphatic rings. The molecule has 0 aromatic carbocycles. The van der Waals surface area contributed by atoms with Crippen LogP contribution in [0.4, 0.5) is 0 Å². The fourth-order valence-corrected chi connectivity index (χ4v) is 3.39. The van der Waals surface area contributed by atoms with Gasteiger partial charge in [-0.1, -0.05) is 0 Å². The molecule has 0 aliphatic carbocycles. The molecule has 0 aromatic heterocycles. The van der Waals surface area contributed by atoms with Crippen molar-refractivity contribution in [2.24, 2.45) is 0 Å². The average molecular weight is 239 g/mol. The zero-order chi connectivity index (χ0) is 5.82. The third kappa shape index (κ3) is 2.11. The van der Waals surface area contributed by atoms with E-state index in [1.54, 1.807) is 0 Å². The van der Waals surface area contributed by atoms with Crippen LogP contribution in [0.3, 0.4) is 0 Å². The Hall–Kier alpha value is 1.05. The summed E-state index contributed by atoms with van der Waals surface area (Å²) in [6.45, 7) is 0.957. The molecule has 0 amide bonds. The van der Waals surface area contributed by atoms with Crippen LogP contribution in [0.15, 0.2) is 0 Å². The first-order valence-electron chi connectivity index (χ1n) is 2.91. The van der Waals surface area contributed by atoms with Crippen molar-refractivity contribution in [3.05, 3.63) is 0 Å². The van der Waals surface area contributed by atoms with Gasteiger partial charge in [0.25, 0.3) is 0 Å². The van der Waals surface area contributed by atoms with Crippen LogP contribution < -0.4 is 0 Å². The van der Waals surface area contributed by atoms with Crippen LogP contribution in [0.25, 0.3) is 0 Å².